The molecule has 1 aromatic heterocycles. The number of benzene rings is 1. The number of hydrogen-bond donors (Lipinski definition) is 1. The topological polar surface area (TPSA) is 51.2 Å². The van der Waals surface area contributed by atoms with Gasteiger partial charge in [0.25, 0.3) is 0 Å². The summed E-state index contributed by atoms with van der Waals surface area (Å²) in [5, 5.41) is 3.03. The van der Waals surface area contributed by atoms with E-state index in [1.807, 2.05) is 13.0 Å². The van der Waals surface area contributed by atoms with Crippen LogP contribution in [0, 0.1) is 6.92 Å². The summed E-state index contributed by atoms with van der Waals surface area (Å²) in [6, 6.07) is 7.92. The van der Waals surface area contributed by atoms with Gasteiger partial charge < -0.3 is 10.1 Å². The van der Waals surface area contributed by atoms with E-state index in [9.17, 15) is 18.0 Å². The molecule has 1 atom stereocenters. The Morgan fingerprint density at radius 1 is 1.31 bits per heavy atom. The maximum atomic E-state index is 12.7. The highest BCUT2D eigenvalue weighted by Gasteiger charge is 2.29. The lowest BCUT2D eigenvalue weighted by Gasteiger charge is -2.22. The molecule has 0 saturated carbocycles. The van der Waals surface area contributed by atoms with Crippen LogP contribution in [0.5, 0.6) is 0 Å². The molecular formula is C18H18BrF3N2O2. The van der Waals surface area contributed by atoms with E-state index in [4.69, 9.17) is 0 Å². The number of carbonyl (C=O) groups is 1. The second kappa shape index (κ2) is 8.53. The lowest BCUT2D eigenvalue weighted by Crippen LogP contribution is -2.17. The number of alkyl halides is 3. The van der Waals surface area contributed by atoms with Gasteiger partial charge in [-0.25, -0.2) is 9.78 Å². The first-order valence-corrected chi connectivity index (χ1v) is 8.62. The smallest absolute Gasteiger partial charge is 0.389 e. The maximum Gasteiger partial charge on any atom is 0.389 e. The first kappa shape index (κ1) is 20.2. The van der Waals surface area contributed by atoms with Crippen molar-refractivity contribution in [3.05, 3.63) is 57.7 Å². The monoisotopic (exact) mass is 430 g/mol. The number of rotatable bonds is 6. The van der Waals surface area contributed by atoms with Gasteiger partial charge in [-0.1, -0.05) is 22.0 Å². The number of esters is 1. The van der Waals surface area contributed by atoms with Crippen molar-refractivity contribution in [1.29, 1.82) is 0 Å². The zero-order valence-corrected chi connectivity index (χ0v) is 15.8. The number of halogens is 4. The van der Waals surface area contributed by atoms with Crippen LogP contribution in [0.2, 0.25) is 0 Å². The van der Waals surface area contributed by atoms with Gasteiger partial charge in [-0.05, 0) is 48.7 Å². The molecule has 26 heavy (non-hydrogen) atoms. The molecule has 8 heteroatoms. The fourth-order valence-corrected chi connectivity index (χ4v) is 3.02. The second-order valence-corrected chi connectivity index (χ2v) is 6.69. The Hall–Kier alpha value is -2.09. The van der Waals surface area contributed by atoms with Gasteiger partial charge in [0.05, 0.1) is 18.7 Å². The van der Waals surface area contributed by atoms with Gasteiger partial charge >= 0.3 is 12.1 Å². The van der Waals surface area contributed by atoms with Gasteiger partial charge in [0.1, 0.15) is 5.82 Å². The summed E-state index contributed by atoms with van der Waals surface area (Å²) in [6.45, 7) is 1.84. The number of methoxy groups -OCH3 is 1. The van der Waals surface area contributed by atoms with Gasteiger partial charge in [0.2, 0.25) is 0 Å². The minimum Gasteiger partial charge on any atom is -0.465 e. The van der Waals surface area contributed by atoms with Crippen molar-refractivity contribution in [3.63, 3.8) is 0 Å². The Kier molecular flexibility index (Phi) is 6.63. The minimum atomic E-state index is -4.24. The molecule has 1 N–H and O–H groups in total. The van der Waals surface area contributed by atoms with Crippen LogP contribution >= 0.6 is 15.9 Å². The third kappa shape index (κ3) is 5.72. The number of aryl methyl sites for hydroxylation is 1. The zero-order chi connectivity index (χ0) is 19.3. The SMILES string of the molecule is COC(=O)c1ccc(NC(CCC(F)(F)F)c2ccc(Br)cc2C)nc1. The van der Waals surface area contributed by atoms with Crippen molar-refractivity contribution < 1.29 is 22.7 Å². The van der Waals surface area contributed by atoms with Gasteiger partial charge in [-0.2, -0.15) is 13.2 Å². The molecule has 2 rings (SSSR count). The van der Waals surface area contributed by atoms with Crippen LogP contribution in [0.4, 0.5) is 19.0 Å². The highest BCUT2D eigenvalue weighted by Crippen LogP contribution is 2.32. The van der Waals surface area contributed by atoms with E-state index in [1.165, 1.54) is 19.4 Å². The van der Waals surface area contributed by atoms with Crippen molar-refractivity contribution >= 4 is 27.7 Å². The van der Waals surface area contributed by atoms with E-state index < -0.39 is 24.6 Å². The Labute approximate surface area is 157 Å². The number of pyridine rings is 1. The largest absolute Gasteiger partial charge is 0.465 e. The van der Waals surface area contributed by atoms with Crippen LogP contribution in [0.1, 0.15) is 40.4 Å². The second-order valence-electron chi connectivity index (χ2n) is 5.78. The average molecular weight is 431 g/mol. The standard InChI is InChI=1S/C18H18BrF3N2O2/c1-11-9-13(19)4-5-14(11)15(7-8-18(20,21)22)24-16-6-3-12(10-23-16)17(25)26-2/h3-6,9-10,15H,7-8H2,1-2H3,(H,23,24). The summed E-state index contributed by atoms with van der Waals surface area (Å²) in [5.74, 6) is -0.145. The van der Waals surface area contributed by atoms with Crippen LogP contribution in [0.25, 0.3) is 0 Å². The number of aromatic nitrogens is 1. The molecule has 1 aromatic carbocycles. The summed E-state index contributed by atoms with van der Waals surface area (Å²) in [4.78, 5) is 15.5. The van der Waals surface area contributed by atoms with Crippen LogP contribution in [-0.4, -0.2) is 24.2 Å². The van der Waals surface area contributed by atoms with Crippen LogP contribution in [0.3, 0.4) is 0 Å². The van der Waals surface area contributed by atoms with Crippen molar-refractivity contribution in [2.24, 2.45) is 0 Å². The van der Waals surface area contributed by atoms with Crippen molar-refractivity contribution in [2.75, 3.05) is 12.4 Å². The van der Waals surface area contributed by atoms with Crippen LogP contribution < -0.4 is 5.32 Å². The highest BCUT2D eigenvalue weighted by atomic mass is 79.9. The quantitative estimate of drug-likeness (QED) is 0.620. The molecule has 0 aliphatic rings. The van der Waals surface area contributed by atoms with E-state index in [2.05, 4.69) is 31.0 Å². The molecule has 2 aromatic rings. The van der Waals surface area contributed by atoms with Gasteiger partial charge in [-0.15, -0.1) is 0 Å². The van der Waals surface area contributed by atoms with Gasteiger partial charge in [0.15, 0.2) is 0 Å². The molecule has 0 spiro atoms. The number of anilines is 1. The minimum absolute atomic E-state index is 0.133. The molecule has 0 amide bonds. The summed E-state index contributed by atoms with van der Waals surface area (Å²) in [5.41, 5.74) is 1.89. The predicted molar refractivity (Wildman–Crippen MR) is 96.1 cm³/mol. The summed E-state index contributed by atoms with van der Waals surface area (Å²) in [6.07, 6.45) is -3.97. The highest BCUT2D eigenvalue weighted by molar-refractivity contribution is 9.10. The first-order chi connectivity index (χ1) is 12.2. The lowest BCUT2D eigenvalue weighted by molar-refractivity contribution is -0.136. The zero-order valence-electron chi connectivity index (χ0n) is 14.2. The van der Waals surface area contributed by atoms with Gasteiger partial charge in [0, 0.05) is 17.1 Å². The molecule has 0 aliphatic heterocycles. The number of nitrogens with zero attached hydrogens (tertiary/aromatic N) is 1. The van der Waals surface area contributed by atoms with E-state index in [1.54, 1.807) is 18.2 Å². The Bertz CT molecular complexity index is 764. The molecule has 0 bridgehead atoms. The third-order valence-corrected chi connectivity index (χ3v) is 4.32. The summed E-state index contributed by atoms with van der Waals surface area (Å²) >= 11 is 3.35. The molecule has 1 heterocycles. The molecule has 0 saturated heterocycles. The third-order valence-electron chi connectivity index (χ3n) is 3.83. The van der Waals surface area contributed by atoms with Crippen LogP contribution in [-0.2, 0) is 4.74 Å². The number of ether oxygens (including phenoxy) is 1. The fourth-order valence-electron chi connectivity index (χ4n) is 2.54. The van der Waals surface area contributed by atoms with Gasteiger partial charge in [-0.3, -0.25) is 0 Å². The number of hydrogen-bond acceptors (Lipinski definition) is 4. The Balaban J connectivity index is 2.24. The van der Waals surface area contributed by atoms with E-state index >= 15 is 0 Å². The van der Waals surface area contributed by atoms with Crippen LogP contribution in [0.15, 0.2) is 41.0 Å². The molecule has 1 unspecified atom stereocenters. The molecule has 0 fully saturated rings. The molecule has 4 nitrogen and oxygen atoms in total. The molecule has 0 aliphatic carbocycles. The molecular weight excluding hydrogens is 413 g/mol. The Morgan fingerprint density at radius 3 is 2.58 bits per heavy atom. The Morgan fingerprint density at radius 2 is 2.04 bits per heavy atom. The van der Waals surface area contributed by atoms with Crippen molar-refractivity contribution in [2.45, 2.75) is 32.0 Å². The molecule has 0 radical (unpaired) electrons. The van der Waals surface area contributed by atoms with Crippen molar-refractivity contribution in [3.8, 4) is 0 Å². The van der Waals surface area contributed by atoms with Crippen molar-refractivity contribution in [1.82, 2.24) is 4.98 Å². The maximum absolute atomic E-state index is 12.7. The number of carbonyl (C=O) groups excluding carboxylic acids is 1. The first-order valence-electron chi connectivity index (χ1n) is 7.83. The van der Waals surface area contributed by atoms with E-state index in [0.717, 1.165) is 15.6 Å². The normalized spacial score (nSPS) is 12.5. The molecule has 140 valence electrons. The lowest BCUT2D eigenvalue weighted by atomic mass is 9.97. The summed E-state index contributed by atoms with van der Waals surface area (Å²) < 4.78 is 43.6. The predicted octanol–water partition coefficient (Wildman–Crippen LogP) is 5.43. The average Bonchev–Trinajstić information content (AvgIpc) is 2.58. The fraction of sp³-hybridized carbons (Fsp3) is 0.333. The van der Waals surface area contributed by atoms with E-state index in [0.29, 0.717) is 5.82 Å². The number of nitrogens with one attached hydrogen (secondary N) is 1. The summed E-state index contributed by atoms with van der Waals surface area (Å²) in [7, 11) is 1.26. The van der Waals surface area contributed by atoms with E-state index in [-0.39, 0.29) is 12.0 Å².